The summed E-state index contributed by atoms with van der Waals surface area (Å²) < 4.78 is 24.8. The number of carbonyl (C=O) groups is 2. The highest BCUT2D eigenvalue weighted by atomic mass is 17.3. The number of hydrogen-bond acceptors (Lipinski definition) is 8. The summed E-state index contributed by atoms with van der Waals surface area (Å²) in [5.74, 6) is 0.892. The molecule has 0 aromatic heterocycles. The molecule has 1 aliphatic carbocycles. The molecule has 1 saturated carbocycles. The molecule has 0 radical (unpaired) electrons. The Bertz CT molecular complexity index is 1500. The van der Waals surface area contributed by atoms with Crippen molar-refractivity contribution < 1.29 is 38.3 Å². The third kappa shape index (κ3) is 6.51. The third-order valence-electron chi connectivity index (χ3n) is 10.8. The Labute approximate surface area is 276 Å². The van der Waals surface area contributed by atoms with Gasteiger partial charge in [-0.05, 0) is 105 Å². The lowest BCUT2D eigenvalue weighted by Crippen LogP contribution is -2.70. The fourth-order valence-electron chi connectivity index (χ4n) is 8.15. The number of benzene rings is 2. The first-order valence-corrected chi connectivity index (χ1v) is 17.2. The summed E-state index contributed by atoms with van der Waals surface area (Å²) in [5.41, 5.74) is 1.07. The number of fused-ring (bicyclic) bond motifs is 2. The average Bonchev–Trinajstić information content (AvgIpc) is 3.32. The van der Waals surface area contributed by atoms with E-state index < -0.39 is 29.9 Å². The van der Waals surface area contributed by atoms with Crippen LogP contribution in [0.15, 0.2) is 60.7 Å². The topological polar surface area (TPSA) is 92.8 Å². The summed E-state index contributed by atoms with van der Waals surface area (Å²) in [5, 5.41) is 0. The highest BCUT2D eigenvalue weighted by Crippen LogP contribution is 2.60. The summed E-state index contributed by atoms with van der Waals surface area (Å²) in [6.45, 7) is 8.03. The van der Waals surface area contributed by atoms with E-state index in [4.69, 9.17) is 28.7 Å². The Hall–Kier alpha value is -3.50. The van der Waals surface area contributed by atoms with E-state index in [9.17, 15) is 9.59 Å². The lowest BCUT2D eigenvalue weighted by molar-refractivity contribution is -0.575. The van der Waals surface area contributed by atoms with Gasteiger partial charge in [0, 0.05) is 43.5 Å². The number of ether oxygens (including phenoxy) is 4. The van der Waals surface area contributed by atoms with Crippen molar-refractivity contribution in [2.75, 3.05) is 13.1 Å². The molecule has 2 aromatic carbocycles. The highest BCUT2D eigenvalue weighted by molar-refractivity contribution is 5.92. The first kappa shape index (κ1) is 32.1. The standard InChI is InChI=1S/C38H45NO8/c1-25-7-18-32-26(2)35(44-36-38(32)31(25)21-22-37(3,45-36)46-47-38)43-30-16-10-28(11-17-30)13-20-34(41)42-29-14-8-27(9-15-29)12-19-33(40)39-23-5-4-6-24-39/h8-17,19-20,25-26,31-32,35-36H,4-7,18,21-24H2,1-3H3/b19-12+,20-13+/t25-,26-,31+,32+,35+,36-,37+,38-/m1/s1. The van der Waals surface area contributed by atoms with Gasteiger partial charge in [0.25, 0.3) is 0 Å². The number of nitrogens with zero attached hydrogens (tertiary/aromatic N) is 1. The van der Waals surface area contributed by atoms with Crippen LogP contribution in [0.2, 0.25) is 0 Å². The van der Waals surface area contributed by atoms with Crippen molar-refractivity contribution in [1.82, 2.24) is 4.90 Å². The molecule has 8 rings (SSSR count). The molecule has 6 aliphatic rings. The van der Waals surface area contributed by atoms with Crippen molar-refractivity contribution >= 4 is 24.0 Å². The minimum absolute atomic E-state index is 0.0349. The number of piperidine rings is 1. The van der Waals surface area contributed by atoms with Gasteiger partial charge in [-0.15, -0.1) is 0 Å². The molecule has 9 nitrogen and oxygen atoms in total. The molecule has 2 bridgehead atoms. The van der Waals surface area contributed by atoms with Gasteiger partial charge in [-0.3, -0.25) is 4.79 Å². The maximum atomic E-state index is 12.5. The van der Waals surface area contributed by atoms with E-state index in [0.717, 1.165) is 62.7 Å². The molecule has 9 heteroatoms. The Morgan fingerprint density at radius 2 is 1.51 bits per heavy atom. The monoisotopic (exact) mass is 643 g/mol. The number of likely N-dealkylation sites (tertiary alicyclic amines) is 1. The van der Waals surface area contributed by atoms with E-state index in [1.807, 2.05) is 48.2 Å². The molecular formula is C38H45NO8. The number of carbonyl (C=O) groups excluding carboxylic acids is 2. The van der Waals surface area contributed by atoms with Crippen molar-refractivity contribution in [2.45, 2.75) is 89.7 Å². The lowest BCUT2D eigenvalue weighted by atomic mass is 9.58. The van der Waals surface area contributed by atoms with Gasteiger partial charge >= 0.3 is 5.97 Å². The van der Waals surface area contributed by atoms with Gasteiger partial charge in [0.1, 0.15) is 11.5 Å². The quantitative estimate of drug-likeness (QED) is 0.139. The second-order valence-electron chi connectivity index (χ2n) is 14.0. The molecule has 5 heterocycles. The van der Waals surface area contributed by atoms with Crippen molar-refractivity contribution in [3.63, 3.8) is 0 Å². The molecule has 5 aliphatic heterocycles. The molecule has 6 fully saturated rings. The zero-order valence-electron chi connectivity index (χ0n) is 27.5. The van der Waals surface area contributed by atoms with Crippen molar-refractivity contribution in [2.24, 2.45) is 23.7 Å². The first-order valence-electron chi connectivity index (χ1n) is 17.2. The number of esters is 1. The molecule has 1 amide bonds. The summed E-state index contributed by atoms with van der Waals surface area (Å²) in [6, 6.07) is 14.6. The Morgan fingerprint density at radius 3 is 2.23 bits per heavy atom. The van der Waals surface area contributed by atoms with Crippen LogP contribution in [0.1, 0.15) is 76.8 Å². The van der Waals surface area contributed by atoms with Crippen LogP contribution in [0.5, 0.6) is 11.5 Å². The van der Waals surface area contributed by atoms with Gasteiger partial charge in [-0.1, -0.05) is 38.1 Å². The SMILES string of the molecule is C[C@H]1[C@@H](Oc2ccc(/C=C/C(=O)Oc3ccc(/C=C/C(=O)N4CCCCC4)cc3)cc2)O[C@@H]2O[C@]3(C)CC[C@H]4[C@H](C)CC[C@@H]1[C@@]24OO3. The number of hydrogen-bond donors (Lipinski definition) is 0. The minimum Gasteiger partial charge on any atom is -0.465 e. The predicted octanol–water partition coefficient (Wildman–Crippen LogP) is 6.92. The minimum atomic E-state index is -0.827. The molecule has 2 aromatic rings. The van der Waals surface area contributed by atoms with Gasteiger partial charge < -0.3 is 23.8 Å². The highest BCUT2D eigenvalue weighted by Gasteiger charge is 2.69. The summed E-state index contributed by atoms with van der Waals surface area (Å²) in [6.07, 6.45) is 12.6. The van der Waals surface area contributed by atoms with Crippen LogP contribution in [-0.4, -0.2) is 53.8 Å². The fourth-order valence-corrected chi connectivity index (χ4v) is 8.15. The zero-order valence-corrected chi connectivity index (χ0v) is 27.5. The number of amides is 1. The molecule has 47 heavy (non-hydrogen) atoms. The third-order valence-corrected chi connectivity index (χ3v) is 10.8. The van der Waals surface area contributed by atoms with E-state index in [-0.39, 0.29) is 17.7 Å². The van der Waals surface area contributed by atoms with Crippen LogP contribution in [0, 0.1) is 23.7 Å². The molecule has 0 N–H and O–H groups in total. The smallest absolute Gasteiger partial charge is 0.336 e. The summed E-state index contributed by atoms with van der Waals surface area (Å²) >= 11 is 0. The van der Waals surface area contributed by atoms with Crippen LogP contribution in [0.3, 0.4) is 0 Å². The maximum Gasteiger partial charge on any atom is 0.336 e. The predicted molar refractivity (Wildman–Crippen MR) is 174 cm³/mol. The summed E-state index contributed by atoms with van der Waals surface area (Å²) in [4.78, 5) is 38.9. The average molecular weight is 644 g/mol. The molecule has 5 saturated heterocycles. The summed E-state index contributed by atoms with van der Waals surface area (Å²) in [7, 11) is 0. The van der Waals surface area contributed by atoms with Gasteiger partial charge in [0.2, 0.25) is 18.0 Å². The van der Waals surface area contributed by atoms with Crippen molar-refractivity contribution in [3.8, 4) is 11.5 Å². The van der Waals surface area contributed by atoms with Crippen LogP contribution in [0.25, 0.3) is 12.2 Å². The van der Waals surface area contributed by atoms with Crippen LogP contribution in [-0.2, 0) is 28.8 Å². The molecule has 8 atom stereocenters. The van der Waals surface area contributed by atoms with E-state index >= 15 is 0 Å². The van der Waals surface area contributed by atoms with Gasteiger partial charge in [-0.2, -0.15) is 0 Å². The second-order valence-corrected chi connectivity index (χ2v) is 14.0. The first-order chi connectivity index (χ1) is 22.7. The largest absolute Gasteiger partial charge is 0.465 e. The Balaban J connectivity index is 0.933. The van der Waals surface area contributed by atoms with E-state index in [0.29, 0.717) is 23.3 Å². The van der Waals surface area contributed by atoms with Gasteiger partial charge in [-0.25, -0.2) is 14.6 Å². The van der Waals surface area contributed by atoms with E-state index in [1.54, 1.807) is 30.4 Å². The van der Waals surface area contributed by atoms with Crippen molar-refractivity contribution in [3.05, 3.63) is 71.8 Å². The van der Waals surface area contributed by atoms with Crippen LogP contribution in [0.4, 0.5) is 0 Å². The molecule has 1 spiro atoms. The van der Waals surface area contributed by atoms with Gasteiger partial charge in [0.05, 0.1) is 0 Å². The normalized spacial score (nSPS) is 35.0. The van der Waals surface area contributed by atoms with Gasteiger partial charge in [0.15, 0.2) is 11.9 Å². The van der Waals surface area contributed by atoms with E-state index in [1.165, 1.54) is 12.5 Å². The van der Waals surface area contributed by atoms with Crippen LogP contribution < -0.4 is 9.47 Å². The fraction of sp³-hybridized carbons (Fsp3) is 0.526. The Morgan fingerprint density at radius 1 is 0.830 bits per heavy atom. The maximum absolute atomic E-state index is 12.5. The Kier molecular flexibility index (Phi) is 9.00. The number of rotatable bonds is 7. The molecule has 0 unspecified atom stereocenters. The second kappa shape index (κ2) is 13.2. The van der Waals surface area contributed by atoms with Crippen molar-refractivity contribution in [1.29, 1.82) is 0 Å². The van der Waals surface area contributed by atoms with Crippen LogP contribution >= 0.6 is 0 Å². The molecule has 250 valence electrons. The molecular weight excluding hydrogens is 598 g/mol. The van der Waals surface area contributed by atoms with E-state index in [2.05, 4.69) is 13.8 Å². The zero-order chi connectivity index (χ0) is 32.6. The lowest BCUT2D eigenvalue weighted by Gasteiger charge is -2.60.